The molecule has 1 aliphatic heterocycles. The molecule has 1 aliphatic rings. The number of rotatable bonds is 5. The molecule has 1 unspecified atom stereocenters. The lowest BCUT2D eigenvalue weighted by Gasteiger charge is -2.35. The molecule has 0 radical (unpaired) electrons. The third kappa shape index (κ3) is 3.70. The third-order valence-electron chi connectivity index (χ3n) is 3.74. The number of hydrogen-bond donors (Lipinski definition) is 1. The highest BCUT2D eigenvalue weighted by Crippen LogP contribution is 2.26. The predicted molar refractivity (Wildman–Crippen MR) is 89.7 cm³/mol. The Morgan fingerprint density at radius 2 is 2.24 bits per heavy atom. The van der Waals surface area contributed by atoms with Gasteiger partial charge in [0.05, 0.1) is 0 Å². The van der Waals surface area contributed by atoms with Gasteiger partial charge in [-0.05, 0) is 25.6 Å². The Labute approximate surface area is 131 Å². The van der Waals surface area contributed by atoms with Gasteiger partial charge in [-0.3, -0.25) is 0 Å². The van der Waals surface area contributed by atoms with Crippen molar-refractivity contribution in [2.45, 2.75) is 25.8 Å². The first kappa shape index (κ1) is 16.6. The Morgan fingerprint density at radius 1 is 1.48 bits per heavy atom. The van der Waals surface area contributed by atoms with Gasteiger partial charge in [-0.15, -0.1) is 0 Å². The summed E-state index contributed by atoms with van der Waals surface area (Å²) in [5.74, 6) is 2.50. The van der Waals surface area contributed by atoms with Gasteiger partial charge in [0.25, 0.3) is 0 Å². The van der Waals surface area contributed by atoms with Crippen molar-refractivity contribution in [3.05, 3.63) is 23.4 Å². The van der Waals surface area contributed by atoms with E-state index in [0.29, 0.717) is 5.75 Å². The second kappa shape index (κ2) is 6.98. The summed E-state index contributed by atoms with van der Waals surface area (Å²) in [5.41, 5.74) is 2.09. The molecular weight excluding hydrogens is 306 g/mol. The monoisotopic (exact) mass is 329 g/mol. The summed E-state index contributed by atoms with van der Waals surface area (Å²) in [4.78, 5) is 6.58. The maximum Gasteiger partial charge on any atom is 0.171 e. The molecule has 0 aromatic carbocycles. The fourth-order valence-electron chi connectivity index (χ4n) is 2.45. The van der Waals surface area contributed by atoms with E-state index in [9.17, 15) is 8.42 Å². The molecule has 21 heavy (non-hydrogen) atoms. The van der Waals surface area contributed by atoms with Gasteiger partial charge in [-0.2, -0.15) is 11.8 Å². The summed E-state index contributed by atoms with van der Waals surface area (Å²) in [7, 11) is -1.20. The minimum absolute atomic E-state index is 0.172. The summed E-state index contributed by atoms with van der Waals surface area (Å²) in [6.45, 7) is 5.18. The molecule has 1 atom stereocenters. The Kier molecular flexibility index (Phi) is 5.51. The minimum Gasteiger partial charge on any atom is -0.338 e. The molecule has 5 nitrogen and oxygen atoms in total. The molecule has 0 aliphatic carbocycles. The van der Waals surface area contributed by atoms with Crippen molar-refractivity contribution in [1.82, 2.24) is 10.3 Å². The Balaban J connectivity index is 2.32. The first-order valence-electron chi connectivity index (χ1n) is 7.16. The lowest BCUT2D eigenvalue weighted by Crippen LogP contribution is -2.48. The zero-order valence-electron chi connectivity index (χ0n) is 12.8. The molecule has 1 aromatic heterocycles. The van der Waals surface area contributed by atoms with Crippen LogP contribution in [0.2, 0.25) is 0 Å². The largest absolute Gasteiger partial charge is 0.338 e. The van der Waals surface area contributed by atoms with Gasteiger partial charge < -0.3 is 10.2 Å². The van der Waals surface area contributed by atoms with Gasteiger partial charge in [0, 0.05) is 36.0 Å². The molecule has 0 amide bonds. The Hall–Kier alpha value is -0.790. The average molecular weight is 329 g/mol. The molecule has 1 fully saturated rings. The number of thioether (sulfide) groups is 1. The highest BCUT2D eigenvalue weighted by Gasteiger charge is 2.33. The van der Waals surface area contributed by atoms with Crippen LogP contribution in [0.5, 0.6) is 0 Å². The van der Waals surface area contributed by atoms with Crippen molar-refractivity contribution >= 4 is 27.4 Å². The number of pyridine rings is 1. The Morgan fingerprint density at radius 3 is 2.86 bits per heavy atom. The van der Waals surface area contributed by atoms with Crippen LogP contribution in [0.4, 0.5) is 5.82 Å². The second-order valence-electron chi connectivity index (χ2n) is 5.12. The van der Waals surface area contributed by atoms with E-state index in [1.165, 1.54) is 0 Å². The predicted octanol–water partition coefficient (Wildman–Crippen LogP) is 1.42. The van der Waals surface area contributed by atoms with Crippen molar-refractivity contribution in [1.29, 1.82) is 0 Å². The number of nitrogens with zero attached hydrogens (tertiary/aromatic N) is 2. The van der Waals surface area contributed by atoms with Crippen LogP contribution in [0.1, 0.15) is 18.2 Å². The summed E-state index contributed by atoms with van der Waals surface area (Å²) in [6.07, 6.45) is 0. The standard InChI is InChI=1S/C14H23N3O2S2/c1-4-21(18,19)14-10-20-8-7-17(14)13-6-5-12(9-15-3)11(2)16-13/h5-6,14-15H,4,7-10H2,1-3H3. The van der Waals surface area contributed by atoms with Gasteiger partial charge in [-0.1, -0.05) is 13.0 Å². The van der Waals surface area contributed by atoms with E-state index < -0.39 is 15.2 Å². The highest BCUT2D eigenvalue weighted by molar-refractivity contribution is 8.01. The number of sulfone groups is 1. The van der Waals surface area contributed by atoms with E-state index in [-0.39, 0.29) is 5.75 Å². The van der Waals surface area contributed by atoms with Crippen LogP contribution in [0.15, 0.2) is 12.1 Å². The maximum absolute atomic E-state index is 12.3. The summed E-state index contributed by atoms with van der Waals surface area (Å²) >= 11 is 1.70. The first-order valence-corrected chi connectivity index (χ1v) is 10.0. The van der Waals surface area contributed by atoms with E-state index in [0.717, 1.165) is 35.9 Å². The van der Waals surface area contributed by atoms with E-state index in [4.69, 9.17) is 0 Å². The van der Waals surface area contributed by atoms with Crippen LogP contribution >= 0.6 is 11.8 Å². The summed E-state index contributed by atoms with van der Waals surface area (Å²) < 4.78 is 24.6. The minimum atomic E-state index is -3.10. The molecule has 0 bridgehead atoms. The molecule has 118 valence electrons. The van der Waals surface area contributed by atoms with Gasteiger partial charge >= 0.3 is 0 Å². The molecule has 2 heterocycles. The topological polar surface area (TPSA) is 62.3 Å². The number of hydrogen-bond acceptors (Lipinski definition) is 6. The molecular formula is C14H23N3O2S2. The molecule has 2 rings (SSSR count). The number of aryl methyl sites for hydroxylation is 1. The van der Waals surface area contributed by atoms with Crippen molar-refractivity contribution < 1.29 is 8.42 Å². The van der Waals surface area contributed by atoms with Gasteiger partial charge in [0.1, 0.15) is 11.2 Å². The molecule has 1 saturated heterocycles. The van der Waals surface area contributed by atoms with Crippen molar-refractivity contribution in [3.63, 3.8) is 0 Å². The van der Waals surface area contributed by atoms with Crippen molar-refractivity contribution in [2.75, 3.05) is 35.8 Å². The average Bonchev–Trinajstić information content (AvgIpc) is 2.49. The fourth-order valence-corrected chi connectivity index (χ4v) is 5.42. The maximum atomic E-state index is 12.3. The highest BCUT2D eigenvalue weighted by atomic mass is 32.2. The number of anilines is 1. The number of aromatic nitrogens is 1. The second-order valence-corrected chi connectivity index (χ2v) is 8.72. The van der Waals surface area contributed by atoms with Crippen LogP contribution in [0.25, 0.3) is 0 Å². The normalized spacial score (nSPS) is 19.8. The van der Waals surface area contributed by atoms with Crippen LogP contribution < -0.4 is 10.2 Å². The van der Waals surface area contributed by atoms with Gasteiger partial charge in [0.2, 0.25) is 0 Å². The van der Waals surface area contributed by atoms with Gasteiger partial charge in [0.15, 0.2) is 9.84 Å². The van der Waals surface area contributed by atoms with Crippen molar-refractivity contribution in [3.8, 4) is 0 Å². The smallest absolute Gasteiger partial charge is 0.171 e. The zero-order valence-corrected chi connectivity index (χ0v) is 14.4. The third-order valence-corrected chi connectivity index (χ3v) is 7.03. The zero-order chi connectivity index (χ0) is 15.5. The molecule has 0 spiro atoms. The van der Waals surface area contributed by atoms with Crippen LogP contribution in [0.3, 0.4) is 0 Å². The van der Waals surface area contributed by atoms with Crippen LogP contribution in [0, 0.1) is 6.92 Å². The molecule has 1 aromatic rings. The fraction of sp³-hybridized carbons (Fsp3) is 0.643. The quantitative estimate of drug-likeness (QED) is 0.882. The van der Waals surface area contributed by atoms with E-state index >= 15 is 0 Å². The summed E-state index contributed by atoms with van der Waals surface area (Å²) in [5, 5.41) is 2.66. The lowest BCUT2D eigenvalue weighted by atomic mass is 10.2. The Bertz CT molecular complexity index is 590. The first-order chi connectivity index (χ1) is 9.99. The molecule has 7 heteroatoms. The number of nitrogens with one attached hydrogen (secondary N) is 1. The molecule has 1 N–H and O–H groups in total. The van der Waals surface area contributed by atoms with Crippen LogP contribution in [-0.2, 0) is 16.4 Å². The van der Waals surface area contributed by atoms with E-state index in [1.54, 1.807) is 18.7 Å². The van der Waals surface area contributed by atoms with Crippen LogP contribution in [-0.4, -0.2) is 49.6 Å². The molecule has 0 saturated carbocycles. The summed E-state index contributed by atoms with van der Waals surface area (Å²) in [6, 6.07) is 3.97. The van der Waals surface area contributed by atoms with E-state index in [2.05, 4.69) is 10.3 Å². The van der Waals surface area contributed by atoms with Crippen molar-refractivity contribution in [2.24, 2.45) is 0 Å². The van der Waals surface area contributed by atoms with E-state index in [1.807, 2.05) is 31.0 Å². The van der Waals surface area contributed by atoms with Gasteiger partial charge in [-0.25, -0.2) is 13.4 Å². The lowest BCUT2D eigenvalue weighted by molar-refractivity contribution is 0.578. The SMILES string of the molecule is CCS(=O)(=O)C1CSCCN1c1ccc(CNC)c(C)n1.